The molecule has 0 spiro atoms. The quantitative estimate of drug-likeness (QED) is 0.463. The van der Waals surface area contributed by atoms with Crippen LogP contribution < -0.4 is 9.62 Å². The molecule has 0 saturated carbocycles. The Bertz CT molecular complexity index is 1220. The molecule has 0 unspecified atom stereocenters. The largest absolute Gasteiger partial charge is 0.348 e. The Morgan fingerprint density at radius 2 is 1.52 bits per heavy atom. The number of hydrogen-bond acceptors (Lipinski definition) is 3. The number of sulfonamides is 1. The Kier molecular flexibility index (Phi) is 7.25. The van der Waals surface area contributed by atoms with Crippen molar-refractivity contribution in [3.63, 3.8) is 0 Å². The molecule has 0 fully saturated rings. The summed E-state index contributed by atoms with van der Waals surface area (Å²) in [6, 6.07) is 24.6. The minimum Gasteiger partial charge on any atom is -0.348 e. The zero-order chi connectivity index (χ0) is 23.1. The van der Waals surface area contributed by atoms with Gasteiger partial charge in [-0.25, -0.2) is 8.42 Å². The maximum absolute atomic E-state index is 13.7. The summed E-state index contributed by atoms with van der Waals surface area (Å²) in [4.78, 5) is 13.4. The molecule has 0 atom stereocenters. The van der Waals surface area contributed by atoms with Crippen LogP contribution in [0.3, 0.4) is 0 Å². The van der Waals surface area contributed by atoms with Gasteiger partial charge in [0.05, 0.1) is 22.7 Å². The SMILES string of the molecule is O=C(NCC1=CCCCC1)c1ccccc1N(Cc1ccccc1)S(=O)(=O)c1ccccc1. The van der Waals surface area contributed by atoms with Crippen molar-refractivity contribution in [2.45, 2.75) is 37.1 Å². The fourth-order valence-electron chi connectivity index (χ4n) is 4.01. The second kappa shape index (κ2) is 10.5. The maximum atomic E-state index is 13.7. The fraction of sp³-hybridized carbons (Fsp3) is 0.222. The highest BCUT2D eigenvalue weighted by Crippen LogP contribution is 2.29. The molecule has 1 aliphatic rings. The first-order valence-electron chi connectivity index (χ1n) is 11.2. The molecule has 0 aromatic heterocycles. The highest BCUT2D eigenvalue weighted by molar-refractivity contribution is 7.92. The molecule has 4 rings (SSSR count). The molecular weight excluding hydrogens is 432 g/mol. The van der Waals surface area contributed by atoms with Gasteiger partial charge in [0.2, 0.25) is 0 Å². The lowest BCUT2D eigenvalue weighted by molar-refractivity contribution is 0.0957. The van der Waals surface area contributed by atoms with Crippen LogP contribution in [0.1, 0.15) is 41.6 Å². The molecule has 1 N–H and O–H groups in total. The van der Waals surface area contributed by atoms with Crippen LogP contribution in [0.15, 0.2) is 101 Å². The number of carbonyl (C=O) groups is 1. The molecule has 3 aromatic carbocycles. The lowest BCUT2D eigenvalue weighted by Crippen LogP contribution is -2.34. The van der Waals surface area contributed by atoms with Crippen LogP contribution in [0.25, 0.3) is 0 Å². The normalized spacial score (nSPS) is 13.8. The summed E-state index contributed by atoms with van der Waals surface area (Å²) >= 11 is 0. The number of nitrogens with zero attached hydrogens (tertiary/aromatic N) is 1. The summed E-state index contributed by atoms with van der Waals surface area (Å²) in [6.07, 6.45) is 6.55. The van der Waals surface area contributed by atoms with Gasteiger partial charge in [-0.1, -0.05) is 72.3 Å². The van der Waals surface area contributed by atoms with E-state index in [4.69, 9.17) is 0 Å². The van der Waals surface area contributed by atoms with E-state index in [1.54, 1.807) is 54.6 Å². The summed E-state index contributed by atoms with van der Waals surface area (Å²) in [5, 5.41) is 2.99. The summed E-state index contributed by atoms with van der Waals surface area (Å²) in [6.45, 7) is 0.602. The molecule has 0 radical (unpaired) electrons. The average Bonchev–Trinajstić information content (AvgIpc) is 2.87. The maximum Gasteiger partial charge on any atom is 0.264 e. The van der Waals surface area contributed by atoms with Gasteiger partial charge in [-0.3, -0.25) is 9.10 Å². The average molecular weight is 461 g/mol. The second-order valence-electron chi connectivity index (χ2n) is 8.12. The number of benzene rings is 3. The van der Waals surface area contributed by atoms with E-state index < -0.39 is 10.0 Å². The first kappa shape index (κ1) is 22.8. The van der Waals surface area contributed by atoms with Gasteiger partial charge >= 0.3 is 0 Å². The van der Waals surface area contributed by atoms with Gasteiger partial charge in [-0.05, 0) is 55.5 Å². The first-order valence-corrected chi connectivity index (χ1v) is 12.7. The zero-order valence-corrected chi connectivity index (χ0v) is 19.3. The molecule has 0 heterocycles. The van der Waals surface area contributed by atoms with E-state index in [-0.39, 0.29) is 17.3 Å². The Balaban J connectivity index is 1.70. The molecule has 33 heavy (non-hydrogen) atoms. The molecule has 170 valence electrons. The minimum atomic E-state index is -3.90. The van der Waals surface area contributed by atoms with E-state index in [0.717, 1.165) is 24.8 Å². The van der Waals surface area contributed by atoms with E-state index in [9.17, 15) is 13.2 Å². The number of rotatable bonds is 8. The molecule has 0 aliphatic heterocycles. The molecule has 3 aromatic rings. The number of carbonyl (C=O) groups excluding carboxylic acids is 1. The molecule has 6 heteroatoms. The van der Waals surface area contributed by atoms with Crippen molar-refractivity contribution in [3.05, 3.63) is 108 Å². The predicted octanol–water partition coefficient (Wildman–Crippen LogP) is 5.31. The first-order chi connectivity index (χ1) is 16.1. The highest BCUT2D eigenvalue weighted by Gasteiger charge is 2.28. The van der Waals surface area contributed by atoms with Crippen molar-refractivity contribution >= 4 is 21.6 Å². The van der Waals surface area contributed by atoms with Gasteiger partial charge < -0.3 is 5.32 Å². The van der Waals surface area contributed by atoms with E-state index in [2.05, 4.69) is 11.4 Å². The van der Waals surface area contributed by atoms with Crippen LogP contribution in [0.5, 0.6) is 0 Å². The third-order valence-electron chi connectivity index (χ3n) is 5.78. The summed E-state index contributed by atoms with van der Waals surface area (Å²) in [7, 11) is -3.90. The number of hydrogen-bond donors (Lipinski definition) is 1. The summed E-state index contributed by atoms with van der Waals surface area (Å²) < 4.78 is 28.7. The van der Waals surface area contributed by atoms with Gasteiger partial charge in [0.1, 0.15) is 0 Å². The van der Waals surface area contributed by atoms with Crippen LogP contribution in [0, 0.1) is 0 Å². The number of amides is 1. The van der Waals surface area contributed by atoms with Crippen LogP contribution in [-0.2, 0) is 16.6 Å². The van der Waals surface area contributed by atoms with Crippen molar-refractivity contribution in [2.24, 2.45) is 0 Å². The monoisotopic (exact) mass is 460 g/mol. The van der Waals surface area contributed by atoms with Crippen LogP contribution >= 0.6 is 0 Å². The summed E-state index contributed by atoms with van der Waals surface area (Å²) in [5.74, 6) is -0.279. The van der Waals surface area contributed by atoms with Gasteiger partial charge in [-0.15, -0.1) is 0 Å². The van der Waals surface area contributed by atoms with Gasteiger partial charge in [0.15, 0.2) is 0 Å². The third-order valence-corrected chi connectivity index (χ3v) is 7.55. The van der Waals surface area contributed by atoms with E-state index in [0.29, 0.717) is 17.8 Å². The Labute approximate surface area is 195 Å². The molecule has 1 amide bonds. The van der Waals surface area contributed by atoms with Gasteiger partial charge in [0, 0.05) is 6.54 Å². The molecule has 0 saturated heterocycles. The number of para-hydroxylation sites is 1. The van der Waals surface area contributed by atoms with Gasteiger partial charge in [0.25, 0.3) is 15.9 Å². The van der Waals surface area contributed by atoms with Crippen molar-refractivity contribution in [3.8, 4) is 0 Å². The molecule has 1 aliphatic carbocycles. The lowest BCUT2D eigenvalue weighted by atomic mass is 9.99. The van der Waals surface area contributed by atoms with E-state index in [1.165, 1.54) is 16.3 Å². The third kappa shape index (κ3) is 5.52. The second-order valence-corrected chi connectivity index (χ2v) is 9.98. The van der Waals surface area contributed by atoms with Gasteiger partial charge in [-0.2, -0.15) is 0 Å². The van der Waals surface area contributed by atoms with Crippen molar-refractivity contribution in [1.29, 1.82) is 0 Å². The van der Waals surface area contributed by atoms with E-state index >= 15 is 0 Å². The lowest BCUT2D eigenvalue weighted by Gasteiger charge is -2.27. The van der Waals surface area contributed by atoms with Crippen molar-refractivity contribution in [1.82, 2.24) is 5.32 Å². The smallest absolute Gasteiger partial charge is 0.264 e. The highest BCUT2D eigenvalue weighted by atomic mass is 32.2. The zero-order valence-electron chi connectivity index (χ0n) is 18.5. The molecular formula is C27H28N2O3S. The van der Waals surface area contributed by atoms with Crippen LogP contribution in [0.2, 0.25) is 0 Å². The topological polar surface area (TPSA) is 66.5 Å². The number of anilines is 1. The fourth-order valence-corrected chi connectivity index (χ4v) is 5.50. The summed E-state index contributed by atoms with van der Waals surface area (Å²) in [5.41, 5.74) is 2.76. The van der Waals surface area contributed by atoms with Crippen LogP contribution in [0.4, 0.5) is 5.69 Å². The molecule has 0 bridgehead atoms. The van der Waals surface area contributed by atoms with Crippen molar-refractivity contribution < 1.29 is 13.2 Å². The Morgan fingerprint density at radius 3 is 2.21 bits per heavy atom. The Hall–Kier alpha value is -3.38. The minimum absolute atomic E-state index is 0.119. The van der Waals surface area contributed by atoms with E-state index in [1.807, 2.05) is 30.3 Å². The molecule has 5 nitrogen and oxygen atoms in total. The van der Waals surface area contributed by atoms with Crippen molar-refractivity contribution in [2.75, 3.05) is 10.8 Å². The van der Waals surface area contributed by atoms with Crippen LogP contribution in [-0.4, -0.2) is 20.9 Å². The Morgan fingerprint density at radius 1 is 0.848 bits per heavy atom. The standard InChI is InChI=1S/C27H28N2O3S/c30-27(28-20-22-12-4-1-5-13-22)25-18-10-11-19-26(25)29(21-23-14-6-2-7-15-23)33(31,32)24-16-8-3-9-17-24/h2-3,6-12,14-19H,1,4-5,13,20-21H2,(H,28,30). The predicted molar refractivity (Wildman–Crippen MR) is 132 cm³/mol. The number of allylic oxidation sites excluding steroid dienone is 1. The number of nitrogens with one attached hydrogen (secondary N) is 1.